The van der Waals surface area contributed by atoms with E-state index in [0.29, 0.717) is 21.5 Å². The normalized spacial score (nSPS) is 17.9. The minimum absolute atomic E-state index is 0.182. The van der Waals surface area contributed by atoms with Crippen LogP contribution in [0.2, 0.25) is 0 Å². The van der Waals surface area contributed by atoms with Gasteiger partial charge in [0.2, 0.25) is 11.7 Å². The predicted molar refractivity (Wildman–Crippen MR) is 94.0 cm³/mol. The Morgan fingerprint density at radius 3 is 2.79 bits per heavy atom. The summed E-state index contributed by atoms with van der Waals surface area (Å²) in [6, 6.07) is 1.61. The third-order valence-electron chi connectivity index (χ3n) is 3.29. The summed E-state index contributed by atoms with van der Waals surface area (Å²) in [5, 5.41) is 4.88. The van der Waals surface area contributed by atoms with E-state index in [-0.39, 0.29) is 10.9 Å². The summed E-state index contributed by atoms with van der Waals surface area (Å²) in [7, 11) is -2.50. The highest BCUT2D eigenvalue weighted by Crippen LogP contribution is 2.37. The Hall–Kier alpha value is -1.98. The number of ketones is 1. The van der Waals surface area contributed by atoms with E-state index in [0.717, 1.165) is 10.5 Å². The lowest BCUT2D eigenvalue weighted by atomic mass is 10.2. The Labute approximate surface area is 147 Å². The average molecular weight is 383 g/mol. The van der Waals surface area contributed by atoms with Gasteiger partial charge in [-0.05, 0) is 24.6 Å². The standard InChI is InChI=1S/C13H13N5O3S3/c1-7-15-12(17-13(16-7)22-3)14-6-9-10(19)11-8(4-5-23-11)18(2)24(9,20)21/h4-6H,1-3H3,(H,14,15,16,17)/b9-6+. The van der Waals surface area contributed by atoms with Crippen molar-refractivity contribution in [1.82, 2.24) is 15.0 Å². The number of thiophene rings is 1. The molecule has 1 aliphatic heterocycles. The van der Waals surface area contributed by atoms with Crippen molar-refractivity contribution in [1.29, 1.82) is 0 Å². The predicted octanol–water partition coefficient (Wildman–Crippen LogP) is 1.88. The molecule has 0 bridgehead atoms. The van der Waals surface area contributed by atoms with Gasteiger partial charge in [-0.3, -0.25) is 9.10 Å². The highest BCUT2D eigenvalue weighted by atomic mass is 32.2. The van der Waals surface area contributed by atoms with Gasteiger partial charge in [0, 0.05) is 13.2 Å². The molecule has 0 saturated carbocycles. The maximum atomic E-state index is 12.5. The van der Waals surface area contributed by atoms with Crippen molar-refractivity contribution < 1.29 is 13.2 Å². The number of aryl methyl sites for hydroxylation is 1. The monoisotopic (exact) mass is 383 g/mol. The van der Waals surface area contributed by atoms with Crippen molar-refractivity contribution in [2.75, 3.05) is 22.9 Å². The molecule has 3 heterocycles. The molecule has 0 radical (unpaired) electrons. The molecular formula is C13H13N5O3S3. The number of thioether (sulfide) groups is 1. The first kappa shape index (κ1) is 16.9. The van der Waals surface area contributed by atoms with Gasteiger partial charge in [0.05, 0.1) is 5.69 Å². The van der Waals surface area contributed by atoms with Crippen LogP contribution in [0.4, 0.5) is 11.6 Å². The molecule has 0 saturated heterocycles. The van der Waals surface area contributed by atoms with E-state index in [4.69, 9.17) is 0 Å². The summed E-state index contributed by atoms with van der Waals surface area (Å²) in [5.74, 6) is 0.134. The Kier molecular flexibility index (Phi) is 4.32. The summed E-state index contributed by atoms with van der Waals surface area (Å²) >= 11 is 2.54. The fraction of sp³-hybridized carbons (Fsp3) is 0.231. The molecule has 1 aliphatic rings. The Bertz CT molecular complexity index is 952. The molecule has 2 aromatic heterocycles. The van der Waals surface area contributed by atoms with Crippen molar-refractivity contribution in [2.45, 2.75) is 12.1 Å². The van der Waals surface area contributed by atoms with E-state index in [9.17, 15) is 13.2 Å². The van der Waals surface area contributed by atoms with Gasteiger partial charge in [-0.15, -0.1) is 11.3 Å². The smallest absolute Gasteiger partial charge is 0.269 e. The molecule has 0 aromatic carbocycles. The number of carbonyl (C=O) groups is 1. The number of nitrogens with zero attached hydrogens (tertiary/aromatic N) is 4. The lowest BCUT2D eigenvalue weighted by molar-refractivity contribution is 0.104. The Balaban J connectivity index is 2.01. The van der Waals surface area contributed by atoms with Crippen molar-refractivity contribution >= 4 is 50.5 Å². The molecule has 24 heavy (non-hydrogen) atoms. The number of nitrogens with one attached hydrogen (secondary N) is 1. The van der Waals surface area contributed by atoms with Crippen LogP contribution >= 0.6 is 23.1 Å². The van der Waals surface area contributed by atoms with E-state index in [1.807, 2.05) is 6.26 Å². The minimum atomic E-state index is -3.92. The summed E-state index contributed by atoms with van der Waals surface area (Å²) in [6.45, 7) is 1.70. The zero-order chi connectivity index (χ0) is 17.5. The first-order chi connectivity index (χ1) is 11.3. The second-order valence-electron chi connectivity index (χ2n) is 4.78. The molecule has 11 heteroatoms. The van der Waals surface area contributed by atoms with E-state index < -0.39 is 15.8 Å². The van der Waals surface area contributed by atoms with Crippen molar-refractivity contribution in [3.63, 3.8) is 0 Å². The van der Waals surface area contributed by atoms with Gasteiger partial charge in [-0.1, -0.05) is 11.8 Å². The second kappa shape index (κ2) is 6.15. The van der Waals surface area contributed by atoms with Crippen LogP contribution in [-0.2, 0) is 10.0 Å². The van der Waals surface area contributed by atoms with Gasteiger partial charge in [-0.25, -0.2) is 13.4 Å². The van der Waals surface area contributed by atoms with Gasteiger partial charge in [0.15, 0.2) is 10.1 Å². The van der Waals surface area contributed by atoms with E-state index in [1.165, 1.54) is 30.1 Å². The summed E-state index contributed by atoms with van der Waals surface area (Å²) in [6.07, 6.45) is 2.95. The van der Waals surface area contributed by atoms with Gasteiger partial charge in [-0.2, -0.15) is 9.97 Å². The van der Waals surface area contributed by atoms with Crippen LogP contribution in [0.15, 0.2) is 27.7 Å². The molecular weight excluding hydrogens is 370 g/mol. The van der Waals surface area contributed by atoms with Gasteiger partial charge >= 0.3 is 0 Å². The van der Waals surface area contributed by atoms with Crippen molar-refractivity contribution in [2.24, 2.45) is 0 Å². The van der Waals surface area contributed by atoms with Crippen LogP contribution in [0.25, 0.3) is 0 Å². The fourth-order valence-electron chi connectivity index (χ4n) is 2.11. The lowest BCUT2D eigenvalue weighted by Crippen LogP contribution is -2.35. The number of sulfonamides is 1. The summed E-state index contributed by atoms with van der Waals surface area (Å²) < 4.78 is 26.2. The van der Waals surface area contributed by atoms with Crippen LogP contribution in [-0.4, -0.2) is 42.5 Å². The number of anilines is 2. The van der Waals surface area contributed by atoms with Crippen molar-refractivity contribution in [3.05, 3.63) is 33.3 Å². The molecule has 0 amide bonds. The molecule has 126 valence electrons. The Morgan fingerprint density at radius 1 is 1.33 bits per heavy atom. The topological polar surface area (TPSA) is 105 Å². The average Bonchev–Trinajstić information content (AvgIpc) is 3.02. The summed E-state index contributed by atoms with van der Waals surface area (Å²) in [4.78, 5) is 24.9. The van der Waals surface area contributed by atoms with Crippen LogP contribution in [0.5, 0.6) is 0 Å². The highest BCUT2D eigenvalue weighted by Gasteiger charge is 2.39. The van der Waals surface area contributed by atoms with Crippen LogP contribution < -0.4 is 9.62 Å². The third kappa shape index (κ3) is 2.78. The largest absolute Gasteiger partial charge is 0.329 e. The quantitative estimate of drug-likeness (QED) is 0.633. The SMILES string of the molecule is CSc1nc(C)nc(N/C=C2\C(=O)c3sccc3N(C)S2(=O)=O)n1. The molecule has 1 N–H and O–H groups in total. The van der Waals surface area contributed by atoms with Gasteiger partial charge in [0.25, 0.3) is 10.0 Å². The highest BCUT2D eigenvalue weighted by molar-refractivity contribution is 7.98. The first-order valence-corrected chi connectivity index (χ1v) is 10.2. The maximum Gasteiger partial charge on any atom is 0.269 e. The van der Waals surface area contributed by atoms with Gasteiger partial charge < -0.3 is 5.32 Å². The number of aromatic nitrogens is 3. The van der Waals surface area contributed by atoms with E-state index in [1.54, 1.807) is 18.4 Å². The molecule has 0 fully saturated rings. The van der Waals surface area contributed by atoms with Crippen LogP contribution in [0.3, 0.4) is 0 Å². The fourth-order valence-corrected chi connectivity index (χ4v) is 4.76. The number of rotatable bonds is 3. The van der Waals surface area contributed by atoms with Crippen molar-refractivity contribution in [3.8, 4) is 0 Å². The zero-order valence-electron chi connectivity index (χ0n) is 13.0. The molecule has 0 atom stereocenters. The zero-order valence-corrected chi connectivity index (χ0v) is 15.4. The number of carbonyl (C=O) groups excluding carboxylic acids is 1. The Morgan fingerprint density at radius 2 is 2.08 bits per heavy atom. The number of hydrogen-bond donors (Lipinski definition) is 1. The molecule has 2 aromatic rings. The second-order valence-corrected chi connectivity index (χ2v) is 8.41. The molecule has 0 unspecified atom stereocenters. The minimum Gasteiger partial charge on any atom is -0.329 e. The van der Waals surface area contributed by atoms with E-state index in [2.05, 4.69) is 20.3 Å². The van der Waals surface area contributed by atoms with E-state index >= 15 is 0 Å². The summed E-state index contributed by atoms with van der Waals surface area (Å²) in [5.41, 5.74) is 0.392. The first-order valence-electron chi connectivity index (χ1n) is 6.69. The number of allylic oxidation sites excluding steroid dienone is 1. The number of hydrogen-bond acceptors (Lipinski definition) is 9. The van der Waals surface area contributed by atoms with Gasteiger partial charge in [0.1, 0.15) is 10.7 Å². The lowest BCUT2D eigenvalue weighted by Gasteiger charge is -2.25. The maximum absolute atomic E-state index is 12.5. The molecule has 3 rings (SSSR count). The molecule has 0 aliphatic carbocycles. The number of Topliss-reactive ketones (excluding diaryl/α,β-unsaturated/α-hetero) is 1. The molecule has 0 spiro atoms. The third-order valence-corrected chi connectivity index (χ3v) is 6.52. The molecule has 8 nitrogen and oxygen atoms in total. The number of fused-ring (bicyclic) bond motifs is 1. The van der Waals surface area contributed by atoms with Crippen LogP contribution in [0, 0.1) is 6.92 Å². The van der Waals surface area contributed by atoms with Crippen LogP contribution in [0.1, 0.15) is 15.5 Å².